The molecule has 2 aromatic rings. The van der Waals surface area contributed by atoms with Gasteiger partial charge < -0.3 is 5.32 Å². The van der Waals surface area contributed by atoms with E-state index in [9.17, 15) is 0 Å². The molecule has 0 amide bonds. The van der Waals surface area contributed by atoms with Crippen molar-refractivity contribution >= 4 is 5.82 Å². The van der Waals surface area contributed by atoms with Crippen LogP contribution in [0.1, 0.15) is 12.2 Å². The van der Waals surface area contributed by atoms with Gasteiger partial charge >= 0.3 is 0 Å². The van der Waals surface area contributed by atoms with Gasteiger partial charge in [-0.2, -0.15) is 5.10 Å². The van der Waals surface area contributed by atoms with Crippen molar-refractivity contribution < 1.29 is 0 Å². The fourth-order valence-electron chi connectivity index (χ4n) is 1.44. The SMILES string of the molecule is Cc1nccc(NCCCn2cccn2)n1. The van der Waals surface area contributed by atoms with E-state index in [-0.39, 0.29) is 0 Å². The molecule has 0 bridgehead atoms. The van der Waals surface area contributed by atoms with Crippen LogP contribution in [0.5, 0.6) is 0 Å². The summed E-state index contributed by atoms with van der Waals surface area (Å²) in [7, 11) is 0. The largest absolute Gasteiger partial charge is 0.370 e. The van der Waals surface area contributed by atoms with Crippen LogP contribution in [0.2, 0.25) is 0 Å². The van der Waals surface area contributed by atoms with Crippen LogP contribution in [0.4, 0.5) is 5.82 Å². The Bertz CT molecular complexity index is 424. The Hall–Kier alpha value is -1.91. The van der Waals surface area contributed by atoms with Crippen molar-refractivity contribution in [2.24, 2.45) is 0 Å². The Kier molecular flexibility index (Phi) is 3.48. The fraction of sp³-hybridized carbons (Fsp3) is 0.364. The van der Waals surface area contributed by atoms with Gasteiger partial charge in [-0.05, 0) is 25.5 Å². The highest BCUT2D eigenvalue weighted by molar-refractivity contribution is 5.32. The number of rotatable bonds is 5. The minimum atomic E-state index is 0.789. The van der Waals surface area contributed by atoms with Gasteiger partial charge in [0, 0.05) is 31.7 Å². The van der Waals surface area contributed by atoms with E-state index in [0.29, 0.717) is 0 Å². The Morgan fingerprint density at radius 2 is 2.31 bits per heavy atom. The molecule has 0 aliphatic carbocycles. The maximum atomic E-state index is 4.26. The Morgan fingerprint density at radius 1 is 1.38 bits per heavy atom. The van der Waals surface area contributed by atoms with Crippen molar-refractivity contribution in [2.75, 3.05) is 11.9 Å². The number of nitrogens with zero attached hydrogens (tertiary/aromatic N) is 4. The first kappa shape index (κ1) is 10.6. The predicted octanol–water partition coefficient (Wildman–Crippen LogP) is 1.48. The summed E-state index contributed by atoms with van der Waals surface area (Å²) < 4.78 is 1.92. The van der Waals surface area contributed by atoms with Gasteiger partial charge in [-0.3, -0.25) is 4.68 Å². The van der Waals surface area contributed by atoms with E-state index in [4.69, 9.17) is 0 Å². The van der Waals surface area contributed by atoms with Gasteiger partial charge in [0.25, 0.3) is 0 Å². The molecule has 0 aliphatic rings. The molecule has 5 nitrogen and oxygen atoms in total. The summed E-state index contributed by atoms with van der Waals surface area (Å²) in [4.78, 5) is 8.31. The molecule has 0 saturated carbocycles. The van der Waals surface area contributed by atoms with Gasteiger partial charge in [-0.1, -0.05) is 0 Å². The van der Waals surface area contributed by atoms with E-state index in [1.165, 1.54) is 0 Å². The van der Waals surface area contributed by atoms with Crippen LogP contribution in [-0.2, 0) is 6.54 Å². The molecule has 0 aliphatic heterocycles. The summed E-state index contributed by atoms with van der Waals surface area (Å²) >= 11 is 0. The third-order valence-electron chi connectivity index (χ3n) is 2.21. The molecular formula is C11H15N5. The summed E-state index contributed by atoms with van der Waals surface area (Å²) in [6.45, 7) is 3.69. The zero-order chi connectivity index (χ0) is 11.2. The molecule has 5 heteroatoms. The Labute approximate surface area is 94.5 Å². The molecule has 0 radical (unpaired) electrons. The van der Waals surface area contributed by atoms with Crippen molar-refractivity contribution in [3.63, 3.8) is 0 Å². The molecule has 0 spiro atoms. The summed E-state index contributed by atoms with van der Waals surface area (Å²) in [6.07, 6.45) is 6.54. The number of aromatic nitrogens is 4. The topological polar surface area (TPSA) is 55.6 Å². The summed E-state index contributed by atoms with van der Waals surface area (Å²) in [5.41, 5.74) is 0. The molecule has 0 aromatic carbocycles. The lowest BCUT2D eigenvalue weighted by atomic mass is 10.4. The van der Waals surface area contributed by atoms with E-state index >= 15 is 0 Å². The maximum absolute atomic E-state index is 4.26. The van der Waals surface area contributed by atoms with E-state index in [1.807, 2.05) is 29.9 Å². The van der Waals surface area contributed by atoms with E-state index in [2.05, 4.69) is 20.4 Å². The second-order valence-corrected chi connectivity index (χ2v) is 3.54. The molecule has 1 N–H and O–H groups in total. The highest BCUT2D eigenvalue weighted by atomic mass is 15.3. The molecule has 16 heavy (non-hydrogen) atoms. The summed E-state index contributed by atoms with van der Waals surface area (Å²) in [5, 5.41) is 7.39. The number of nitrogens with one attached hydrogen (secondary N) is 1. The van der Waals surface area contributed by atoms with Crippen LogP contribution in [0.25, 0.3) is 0 Å². The fourth-order valence-corrected chi connectivity index (χ4v) is 1.44. The first-order chi connectivity index (χ1) is 7.84. The van der Waals surface area contributed by atoms with E-state index in [0.717, 1.165) is 31.2 Å². The molecule has 2 heterocycles. The normalized spacial score (nSPS) is 10.3. The molecule has 0 atom stereocenters. The van der Waals surface area contributed by atoms with E-state index < -0.39 is 0 Å². The monoisotopic (exact) mass is 217 g/mol. The lowest BCUT2D eigenvalue weighted by molar-refractivity contribution is 0.591. The number of aryl methyl sites for hydroxylation is 2. The second-order valence-electron chi connectivity index (χ2n) is 3.54. The highest BCUT2D eigenvalue weighted by Gasteiger charge is 1.94. The molecular weight excluding hydrogens is 202 g/mol. The average molecular weight is 217 g/mol. The quantitative estimate of drug-likeness (QED) is 0.771. The van der Waals surface area contributed by atoms with Gasteiger partial charge in [0.15, 0.2) is 0 Å². The lowest BCUT2D eigenvalue weighted by Crippen LogP contribution is -2.08. The predicted molar refractivity (Wildman–Crippen MR) is 62.1 cm³/mol. The maximum Gasteiger partial charge on any atom is 0.129 e. The van der Waals surface area contributed by atoms with Crippen LogP contribution in [-0.4, -0.2) is 26.3 Å². The molecule has 0 unspecified atom stereocenters. The zero-order valence-electron chi connectivity index (χ0n) is 9.30. The van der Waals surface area contributed by atoms with Gasteiger partial charge in [0.1, 0.15) is 11.6 Å². The summed E-state index contributed by atoms with van der Waals surface area (Å²) in [6, 6.07) is 3.81. The zero-order valence-corrected chi connectivity index (χ0v) is 9.30. The van der Waals surface area contributed by atoms with Crippen molar-refractivity contribution in [3.8, 4) is 0 Å². The Morgan fingerprint density at radius 3 is 3.06 bits per heavy atom. The minimum Gasteiger partial charge on any atom is -0.370 e. The lowest BCUT2D eigenvalue weighted by Gasteiger charge is -2.05. The number of anilines is 1. The van der Waals surface area contributed by atoms with Crippen LogP contribution in [0.3, 0.4) is 0 Å². The summed E-state index contributed by atoms with van der Waals surface area (Å²) in [5.74, 6) is 1.67. The van der Waals surface area contributed by atoms with Crippen molar-refractivity contribution in [2.45, 2.75) is 19.9 Å². The molecule has 84 valence electrons. The molecule has 2 rings (SSSR count). The second kappa shape index (κ2) is 5.25. The van der Waals surface area contributed by atoms with Crippen molar-refractivity contribution in [3.05, 3.63) is 36.5 Å². The highest BCUT2D eigenvalue weighted by Crippen LogP contribution is 2.01. The van der Waals surface area contributed by atoms with Crippen molar-refractivity contribution in [1.82, 2.24) is 19.7 Å². The van der Waals surface area contributed by atoms with E-state index in [1.54, 1.807) is 12.4 Å². The molecule has 0 fully saturated rings. The third kappa shape index (κ3) is 3.05. The first-order valence-electron chi connectivity index (χ1n) is 5.35. The minimum absolute atomic E-state index is 0.789. The number of hydrogen-bond donors (Lipinski definition) is 1. The third-order valence-corrected chi connectivity index (χ3v) is 2.21. The average Bonchev–Trinajstić information content (AvgIpc) is 2.77. The van der Waals surface area contributed by atoms with Gasteiger partial charge in [0.05, 0.1) is 0 Å². The molecule has 2 aromatic heterocycles. The van der Waals surface area contributed by atoms with Crippen LogP contribution < -0.4 is 5.32 Å². The standard InChI is InChI=1S/C11H15N5/c1-10-12-7-4-11(15-10)13-5-2-8-16-9-3-6-14-16/h3-4,6-7,9H,2,5,8H2,1H3,(H,12,13,15). The van der Waals surface area contributed by atoms with Crippen LogP contribution in [0.15, 0.2) is 30.7 Å². The van der Waals surface area contributed by atoms with Crippen molar-refractivity contribution in [1.29, 1.82) is 0 Å². The first-order valence-corrected chi connectivity index (χ1v) is 5.35. The smallest absolute Gasteiger partial charge is 0.129 e. The Balaban J connectivity index is 1.72. The van der Waals surface area contributed by atoms with Gasteiger partial charge in [-0.25, -0.2) is 9.97 Å². The van der Waals surface area contributed by atoms with Crippen LogP contribution >= 0.6 is 0 Å². The van der Waals surface area contributed by atoms with Gasteiger partial charge in [0.2, 0.25) is 0 Å². The number of hydrogen-bond acceptors (Lipinski definition) is 4. The van der Waals surface area contributed by atoms with Crippen LogP contribution in [0, 0.1) is 6.92 Å². The van der Waals surface area contributed by atoms with Gasteiger partial charge in [-0.15, -0.1) is 0 Å². The molecule has 0 saturated heterocycles.